The van der Waals surface area contributed by atoms with Crippen molar-refractivity contribution in [2.45, 2.75) is 24.8 Å². The zero-order valence-electron chi connectivity index (χ0n) is 13.3. The minimum absolute atomic E-state index is 0.133. The molecule has 0 saturated heterocycles. The molecule has 12 heteroatoms. The molecule has 0 radical (unpaired) electrons. The van der Waals surface area contributed by atoms with Crippen LogP contribution in [0.1, 0.15) is 28.3 Å². The van der Waals surface area contributed by atoms with Gasteiger partial charge in [-0.3, -0.25) is 0 Å². The van der Waals surface area contributed by atoms with Gasteiger partial charge in [0, 0.05) is 5.56 Å². The molecule has 0 aliphatic carbocycles. The van der Waals surface area contributed by atoms with Gasteiger partial charge in [-0.05, 0) is 29.8 Å². The van der Waals surface area contributed by atoms with Crippen LogP contribution >= 0.6 is 0 Å². The predicted molar refractivity (Wildman–Crippen MR) is 75.6 cm³/mol. The van der Waals surface area contributed by atoms with E-state index in [-0.39, 0.29) is 17.7 Å². The van der Waals surface area contributed by atoms with E-state index in [1.54, 1.807) is 0 Å². The van der Waals surface area contributed by atoms with Gasteiger partial charge in [0.2, 0.25) is 0 Å². The Hall–Kier alpha value is -2.50. The SMILES string of the molecule is N[C@@H](c1ccc(OC(F)(F)F)cc1)c1c(F)cc(C(F)(F)F)cc1C(F)(F)F. The number of nitrogens with two attached hydrogens (primary N) is 1. The van der Waals surface area contributed by atoms with E-state index in [0.717, 1.165) is 24.3 Å². The van der Waals surface area contributed by atoms with E-state index in [4.69, 9.17) is 5.73 Å². The van der Waals surface area contributed by atoms with Gasteiger partial charge >= 0.3 is 18.7 Å². The average Bonchev–Trinajstić information content (AvgIpc) is 2.51. The fourth-order valence-electron chi connectivity index (χ4n) is 2.38. The van der Waals surface area contributed by atoms with E-state index in [1.165, 1.54) is 0 Å². The first-order valence-electron chi connectivity index (χ1n) is 7.18. The van der Waals surface area contributed by atoms with E-state index in [9.17, 15) is 43.9 Å². The van der Waals surface area contributed by atoms with Crippen molar-refractivity contribution >= 4 is 0 Å². The molecule has 0 unspecified atom stereocenters. The smallest absolute Gasteiger partial charge is 0.406 e. The Balaban J connectivity index is 2.51. The third-order valence-corrected chi connectivity index (χ3v) is 3.55. The van der Waals surface area contributed by atoms with Gasteiger partial charge < -0.3 is 10.5 Å². The predicted octanol–water partition coefficient (Wildman–Crippen LogP) is 5.81. The monoisotopic (exact) mass is 421 g/mol. The van der Waals surface area contributed by atoms with Gasteiger partial charge in [-0.2, -0.15) is 26.3 Å². The Morgan fingerprint density at radius 3 is 1.75 bits per heavy atom. The van der Waals surface area contributed by atoms with Gasteiger partial charge in [0.25, 0.3) is 0 Å². The van der Waals surface area contributed by atoms with Crippen LogP contribution in [0.4, 0.5) is 43.9 Å². The minimum Gasteiger partial charge on any atom is -0.406 e. The standard InChI is InChI=1S/C16H9F10NO/c17-11-6-8(14(18,19)20)5-10(15(21,22)23)12(11)13(27)7-1-3-9(4-2-7)28-16(24,25)26/h1-6,13H,27H2/t13-/m0/s1. The number of hydrogen-bond donors (Lipinski definition) is 1. The van der Waals surface area contributed by atoms with Crippen LogP contribution in [0.25, 0.3) is 0 Å². The lowest BCUT2D eigenvalue weighted by molar-refractivity contribution is -0.274. The van der Waals surface area contributed by atoms with Gasteiger partial charge in [-0.25, -0.2) is 4.39 Å². The summed E-state index contributed by atoms with van der Waals surface area (Å²) < 4.78 is 132. The van der Waals surface area contributed by atoms with Crippen LogP contribution in [0.2, 0.25) is 0 Å². The van der Waals surface area contributed by atoms with Gasteiger partial charge in [-0.1, -0.05) is 12.1 Å². The van der Waals surface area contributed by atoms with Crippen molar-refractivity contribution in [3.63, 3.8) is 0 Å². The second-order valence-corrected chi connectivity index (χ2v) is 5.51. The summed E-state index contributed by atoms with van der Waals surface area (Å²) >= 11 is 0. The molecule has 2 nitrogen and oxygen atoms in total. The molecule has 0 aliphatic heterocycles. The molecule has 0 saturated carbocycles. The summed E-state index contributed by atoms with van der Waals surface area (Å²) in [5, 5.41) is 0. The summed E-state index contributed by atoms with van der Waals surface area (Å²) in [6.45, 7) is 0. The molecule has 0 fully saturated rings. The summed E-state index contributed by atoms with van der Waals surface area (Å²) in [6, 6.07) is 0.797. The summed E-state index contributed by atoms with van der Waals surface area (Å²) in [4.78, 5) is 0. The molecular weight excluding hydrogens is 412 g/mol. The maximum atomic E-state index is 14.2. The van der Waals surface area contributed by atoms with Crippen molar-refractivity contribution in [2.75, 3.05) is 0 Å². The molecule has 0 spiro atoms. The topological polar surface area (TPSA) is 35.2 Å². The third-order valence-electron chi connectivity index (χ3n) is 3.55. The normalized spacial score (nSPS) is 14.1. The lowest BCUT2D eigenvalue weighted by Gasteiger charge is -2.21. The van der Waals surface area contributed by atoms with Crippen LogP contribution in [-0.4, -0.2) is 6.36 Å². The first-order valence-corrected chi connectivity index (χ1v) is 7.18. The molecule has 28 heavy (non-hydrogen) atoms. The molecule has 1 atom stereocenters. The molecule has 0 heterocycles. The first-order chi connectivity index (χ1) is 12.6. The Morgan fingerprint density at radius 1 is 0.786 bits per heavy atom. The highest BCUT2D eigenvalue weighted by atomic mass is 19.4. The first kappa shape index (κ1) is 21.8. The molecule has 2 aromatic rings. The van der Waals surface area contributed by atoms with Gasteiger partial charge in [0.1, 0.15) is 11.6 Å². The van der Waals surface area contributed by atoms with E-state index in [2.05, 4.69) is 4.74 Å². The van der Waals surface area contributed by atoms with Crippen LogP contribution in [0.15, 0.2) is 36.4 Å². The largest absolute Gasteiger partial charge is 0.573 e. The molecule has 154 valence electrons. The highest BCUT2D eigenvalue weighted by molar-refractivity contribution is 5.43. The molecule has 0 bridgehead atoms. The van der Waals surface area contributed by atoms with Gasteiger partial charge in [-0.15, -0.1) is 13.2 Å². The molecule has 0 amide bonds. The Labute approximate surface area is 150 Å². The van der Waals surface area contributed by atoms with Crippen LogP contribution < -0.4 is 10.5 Å². The molecule has 2 rings (SSSR count). The Bertz CT molecular complexity index is 837. The fourth-order valence-corrected chi connectivity index (χ4v) is 2.38. The Kier molecular flexibility index (Phi) is 5.57. The number of halogens is 10. The zero-order chi connectivity index (χ0) is 21.5. The molecule has 0 aromatic heterocycles. The van der Waals surface area contributed by atoms with Crippen molar-refractivity contribution in [3.8, 4) is 5.75 Å². The van der Waals surface area contributed by atoms with E-state index in [0.29, 0.717) is 0 Å². The van der Waals surface area contributed by atoms with Crippen molar-refractivity contribution in [1.82, 2.24) is 0 Å². The second kappa shape index (κ2) is 7.15. The lowest BCUT2D eigenvalue weighted by atomic mass is 9.92. The molecule has 0 aliphatic rings. The van der Waals surface area contributed by atoms with Crippen LogP contribution in [0.5, 0.6) is 5.75 Å². The average molecular weight is 421 g/mol. The third kappa shape index (κ3) is 5.06. The van der Waals surface area contributed by atoms with Crippen LogP contribution in [0, 0.1) is 5.82 Å². The van der Waals surface area contributed by atoms with Crippen LogP contribution in [-0.2, 0) is 12.4 Å². The number of rotatable bonds is 3. The zero-order valence-corrected chi connectivity index (χ0v) is 13.3. The van der Waals surface area contributed by atoms with Gasteiger partial charge in [0.05, 0.1) is 17.2 Å². The number of benzene rings is 2. The van der Waals surface area contributed by atoms with Crippen molar-refractivity contribution in [2.24, 2.45) is 5.73 Å². The molecule has 2 aromatic carbocycles. The van der Waals surface area contributed by atoms with Crippen molar-refractivity contribution in [3.05, 3.63) is 64.5 Å². The highest BCUT2D eigenvalue weighted by Crippen LogP contribution is 2.41. The minimum atomic E-state index is -5.37. The summed E-state index contributed by atoms with van der Waals surface area (Å²) in [7, 11) is 0. The van der Waals surface area contributed by atoms with E-state index in [1.807, 2.05) is 0 Å². The van der Waals surface area contributed by atoms with Crippen LogP contribution in [0.3, 0.4) is 0 Å². The number of ether oxygens (including phenoxy) is 1. The van der Waals surface area contributed by atoms with E-state index >= 15 is 0 Å². The van der Waals surface area contributed by atoms with Crippen molar-refractivity contribution in [1.29, 1.82) is 0 Å². The number of alkyl halides is 9. The van der Waals surface area contributed by atoms with Crippen molar-refractivity contribution < 1.29 is 48.6 Å². The summed E-state index contributed by atoms with van der Waals surface area (Å²) in [5.74, 6) is -2.57. The summed E-state index contributed by atoms with van der Waals surface area (Å²) in [6.07, 6.45) is -15.6. The summed E-state index contributed by atoms with van der Waals surface area (Å²) in [5.41, 5.74) is 0.214. The Morgan fingerprint density at radius 2 is 1.32 bits per heavy atom. The second-order valence-electron chi connectivity index (χ2n) is 5.51. The highest BCUT2D eigenvalue weighted by Gasteiger charge is 2.41. The molecule has 2 N–H and O–H groups in total. The van der Waals surface area contributed by atoms with Gasteiger partial charge in [0.15, 0.2) is 0 Å². The number of hydrogen-bond acceptors (Lipinski definition) is 2. The van der Waals surface area contributed by atoms with E-state index < -0.39 is 53.0 Å². The maximum Gasteiger partial charge on any atom is 0.573 e. The maximum absolute atomic E-state index is 14.2. The lowest BCUT2D eigenvalue weighted by Crippen LogP contribution is -2.22. The fraction of sp³-hybridized carbons (Fsp3) is 0.250. The quantitative estimate of drug-likeness (QED) is 0.635. The molecular formula is C16H9F10NO.